The van der Waals surface area contributed by atoms with Gasteiger partial charge in [-0.1, -0.05) is 30.4 Å². The molecule has 0 bridgehead atoms. The van der Waals surface area contributed by atoms with Gasteiger partial charge in [0.05, 0.1) is 5.69 Å². The molecule has 8 nitrogen and oxygen atoms in total. The third kappa shape index (κ3) is 3.83. The van der Waals surface area contributed by atoms with Gasteiger partial charge in [-0.3, -0.25) is 10.1 Å². The van der Waals surface area contributed by atoms with Crippen LogP contribution in [0.1, 0.15) is 17.5 Å². The van der Waals surface area contributed by atoms with Crippen molar-refractivity contribution in [3.63, 3.8) is 0 Å². The van der Waals surface area contributed by atoms with Crippen LogP contribution in [-0.2, 0) is 11.2 Å². The SMILES string of the molecule is CCc1nnc(NC(=O)/C=C/c2ccc(-n3cnnn3)cc2)s1. The predicted molar refractivity (Wildman–Crippen MR) is 86.1 cm³/mol. The van der Waals surface area contributed by atoms with Crippen LogP contribution in [0.15, 0.2) is 36.7 Å². The Kier molecular flexibility index (Phi) is 4.48. The highest BCUT2D eigenvalue weighted by Gasteiger charge is 2.04. The number of benzene rings is 1. The first-order valence-corrected chi connectivity index (χ1v) is 7.71. The Morgan fingerprint density at radius 1 is 1.30 bits per heavy atom. The summed E-state index contributed by atoms with van der Waals surface area (Å²) in [7, 11) is 0. The van der Waals surface area contributed by atoms with Crippen LogP contribution in [-0.4, -0.2) is 36.3 Å². The molecule has 0 spiro atoms. The van der Waals surface area contributed by atoms with E-state index in [1.807, 2.05) is 31.2 Å². The third-order valence-electron chi connectivity index (χ3n) is 2.93. The monoisotopic (exact) mass is 327 g/mol. The lowest BCUT2D eigenvalue weighted by molar-refractivity contribution is -0.111. The average Bonchev–Trinajstić information content (AvgIpc) is 3.25. The molecule has 23 heavy (non-hydrogen) atoms. The van der Waals surface area contributed by atoms with E-state index >= 15 is 0 Å². The molecule has 0 fully saturated rings. The standard InChI is InChI=1S/C14H13N7OS/c1-2-13-17-18-14(23-13)16-12(22)8-5-10-3-6-11(7-4-10)21-9-15-19-20-21/h3-9H,2H2,1H3,(H,16,18,22)/b8-5+. The van der Waals surface area contributed by atoms with Gasteiger partial charge in [0.1, 0.15) is 11.3 Å². The van der Waals surface area contributed by atoms with Gasteiger partial charge >= 0.3 is 0 Å². The molecule has 0 aliphatic carbocycles. The van der Waals surface area contributed by atoms with E-state index in [1.165, 1.54) is 23.7 Å². The fourth-order valence-corrected chi connectivity index (χ4v) is 2.47. The molecule has 1 amide bonds. The topological polar surface area (TPSA) is 98.5 Å². The van der Waals surface area contributed by atoms with Gasteiger partial charge in [-0.2, -0.15) is 0 Å². The van der Waals surface area contributed by atoms with Gasteiger partial charge < -0.3 is 0 Å². The molecule has 0 aliphatic heterocycles. The molecule has 0 saturated heterocycles. The van der Waals surface area contributed by atoms with Crippen molar-refractivity contribution in [1.82, 2.24) is 30.4 Å². The van der Waals surface area contributed by atoms with Crippen LogP contribution in [0.2, 0.25) is 0 Å². The summed E-state index contributed by atoms with van der Waals surface area (Å²) in [6, 6.07) is 7.49. The first-order chi connectivity index (χ1) is 11.2. The lowest BCUT2D eigenvalue weighted by Gasteiger charge is -1.99. The van der Waals surface area contributed by atoms with Gasteiger partial charge in [0.15, 0.2) is 0 Å². The van der Waals surface area contributed by atoms with Crippen molar-refractivity contribution in [2.45, 2.75) is 13.3 Å². The summed E-state index contributed by atoms with van der Waals surface area (Å²) in [5, 5.41) is 22.9. The molecule has 116 valence electrons. The second-order valence-corrected chi connectivity index (χ2v) is 5.59. The quantitative estimate of drug-likeness (QED) is 0.717. The van der Waals surface area contributed by atoms with E-state index in [0.29, 0.717) is 5.13 Å². The molecule has 3 aromatic rings. The van der Waals surface area contributed by atoms with E-state index < -0.39 is 0 Å². The molecule has 0 radical (unpaired) electrons. The van der Waals surface area contributed by atoms with Gasteiger partial charge in [0.2, 0.25) is 11.0 Å². The zero-order valence-corrected chi connectivity index (χ0v) is 13.1. The minimum absolute atomic E-state index is 0.242. The summed E-state index contributed by atoms with van der Waals surface area (Å²) in [6.07, 6.45) is 5.50. The summed E-state index contributed by atoms with van der Waals surface area (Å²) < 4.78 is 1.56. The van der Waals surface area contributed by atoms with Crippen LogP contribution >= 0.6 is 11.3 Å². The minimum atomic E-state index is -0.242. The number of hydrogen-bond acceptors (Lipinski definition) is 7. The van der Waals surface area contributed by atoms with Crippen LogP contribution in [0.25, 0.3) is 11.8 Å². The Balaban J connectivity index is 1.61. The molecule has 0 saturated carbocycles. The highest BCUT2D eigenvalue weighted by molar-refractivity contribution is 7.15. The average molecular weight is 327 g/mol. The molecule has 0 unspecified atom stereocenters. The zero-order chi connectivity index (χ0) is 16.1. The van der Waals surface area contributed by atoms with Crippen LogP contribution in [0, 0.1) is 0 Å². The Hall–Kier alpha value is -2.94. The van der Waals surface area contributed by atoms with Gasteiger partial charge in [-0.15, -0.1) is 15.3 Å². The third-order valence-corrected chi connectivity index (χ3v) is 3.92. The second-order valence-electron chi connectivity index (χ2n) is 4.52. The number of aryl methyl sites for hydroxylation is 1. The Morgan fingerprint density at radius 3 is 2.78 bits per heavy atom. The molecular weight excluding hydrogens is 314 g/mol. The summed E-state index contributed by atoms with van der Waals surface area (Å²) in [4.78, 5) is 11.8. The van der Waals surface area contributed by atoms with Crippen LogP contribution in [0.3, 0.4) is 0 Å². The largest absolute Gasteiger partial charge is 0.297 e. The number of rotatable bonds is 5. The molecular formula is C14H13N7OS. The second kappa shape index (κ2) is 6.88. The van der Waals surface area contributed by atoms with E-state index in [1.54, 1.807) is 10.8 Å². The van der Waals surface area contributed by atoms with E-state index in [-0.39, 0.29) is 5.91 Å². The van der Waals surface area contributed by atoms with Gasteiger partial charge in [0, 0.05) is 6.08 Å². The van der Waals surface area contributed by atoms with Crippen molar-refractivity contribution in [2.75, 3.05) is 5.32 Å². The summed E-state index contributed by atoms with van der Waals surface area (Å²) >= 11 is 1.37. The fraction of sp³-hybridized carbons (Fsp3) is 0.143. The number of anilines is 1. The van der Waals surface area contributed by atoms with Crippen LogP contribution in [0.5, 0.6) is 0 Å². The van der Waals surface area contributed by atoms with Crippen molar-refractivity contribution in [3.8, 4) is 5.69 Å². The number of tetrazole rings is 1. The summed E-state index contributed by atoms with van der Waals surface area (Å²) in [5.74, 6) is -0.242. The highest BCUT2D eigenvalue weighted by Crippen LogP contribution is 2.15. The number of nitrogens with zero attached hydrogens (tertiary/aromatic N) is 6. The maximum atomic E-state index is 11.8. The number of aromatic nitrogens is 6. The first-order valence-electron chi connectivity index (χ1n) is 6.89. The van der Waals surface area contributed by atoms with Crippen LogP contribution in [0.4, 0.5) is 5.13 Å². The van der Waals surface area contributed by atoms with E-state index in [4.69, 9.17) is 0 Å². The lowest BCUT2D eigenvalue weighted by Crippen LogP contribution is -2.07. The maximum Gasteiger partial charge on any atom is 0.250 e. The van der Waals surface area contributed by atoms with E-state index in [2.05, 4.69) is 31.0 Å². The van der Waals surface area contributed by atoms with Crippen molar-refractivity contribution in [2.24, 2.45) is 0 Å². The summed E-state index contributed by atoms with van der Waals surface area (Å²) in [5.41, 5.74) is 1.74. The van der Waals surface area contributed by atoms with Gasteiger partial charge in [-0.25, -0.2) is 4.68 Å². The van der Waals surface area contributed by atoms with Gasteiger partial charge in [-0.05, 0) is 40.6 Å². The molecule has 2 heterocycles. The number of carbonyl (C=O) groups excluding carboxylic acids is 1. The molecule has 1 aromatic carbocycles. The van der Waals surface area contributed by atoms with Crippen molar-refractivity contribution >= 4 is 28.5 Å². The molecule has 0 atom stereocenters. The van der Waals surface area contributed by atoms with Crippen molar-refractivity contribution < 1.29 is 4.79 Å². The number of hydrogen-bond donors (Lipinski definition) is 1. The van der Waals surface area contributed by atoms with E-state index in [0.717, 1.165) is 22.7 Å². The fourth-order valence-electron chi connectivity index (χ4n) is 1.78. The molecule has 1 N–H and O–H groups in total. The summed E-state index contributed by atoms with van der Waals surface area (Å²) in [6.45, 7) is 1.99. The molecule has 0 aliphatic rings. The van der Waals surface area contributed by atoms with Crippen molar-refractivity contribution in [3.05, 3.63) is 47.2 Å². The van der Waals surface area contributed by atoms with Gasteiger partial charge in [0.25, 0.3) is 0 Å². The number of carbonyl (C=O) groups is 1. The highest BCUT2D eigenvalue weighted by atomic mass is 32.1. The smallest absolute Gasteiger partial charge is 0.250 e. The van der Waals surface area contributed by atoms with Crippen LogP contribution < -0.4 is 5.32 Å². The normalized spacial score (nSPS) is 11.0. The minimum Gasteiger partial charge on any atom is -0.297 e. The molecule has 9 heteroatoms. The molecule has 2 aromatic heterocycles. The Bertz CT molecular complexity index is 808. The first kappa shape index (κ1) is 15.0. The lowest BCUT2D eigenvalue weighted by atomic mass is 10.2. The zero-order valence-electron chi connectivity index (χ0n) is 12.2. The van der Waals surface area contributed by atoms with Crippen molar-refractivity contribution in [1.29, 1.82) is 0 Å². The Morgan fingerprint density at radius 2 is 2.13 bits per heavy atom. The maximum absolute atomic E-state index is 11.8. The molecule has 3 rings (SSSR count). The predicted octanol–water partition coefficient (Wildman–Crippen LogP) is 1.73. The Labute approximate surface area is 135 Å². The number of amides is 1. The van der Waals surface area contributed by atoms with E-state index in [9.17, 15) is 4.79 Å². The number of nitrogens with one attached hydrogen (secondary N) is 1.